The van der Waals surface area contributed by atoms with E-state index in [1.165, 1.54) is 63.0 Å². The van der Waals surface area contributed by atoms with Crippen LogP contribution in [0.5, 0.6) is 0 Å². The number of nitrogens with one attached hydrogen (secondary N) is 1. The topological polar surface area (TPSA) is 29.1 Å². The Hall–Kier alpha value is -1.57. The molecule has 0 aliphatic rings. The molecule has 1 aromatic rings. The van der Waals surface area contributed by atoms with Gasteiger partial charge in [-0.25, -0.2) is 0 Å². The molecular formula is C21H33NO. The highest BCUT2D eigenvalue weighted by Gasteiger charge is 2.12. The maximum Gasteiger partial charge on any atom is 0.243 e. The average Bonchev–Trinajstić information content (AvgIpc) is 2.59. The van der Waals surface area contributed by atoms with Gasteiger partial charge in [0, 0.05) is 0 Å². The third-order valence-corrected chi connectivity index (χ3v) is 4.30. The number of amides is 1. The summed E-state index contributed by atoms with van der Waals surface area (Å²) in [5.74, 6) is -0.0882. The number of hydrogen-bond acceptors (Lipinski definition) is 1. The van der Waals surface area contributed by atoms with Crippen molar-refractivity contribution in [2.45, 2.75) is 77.2 Å². The van der Waals surface area contributed by atoms with Crippen molar-refractivity contribution in [3.63, 3.8) is 0 Å². The molecular weight excluding hydrogens is 282 g/mol. The van der Waals surface area contributed by atoms with Gasteiger partial charge in [0.25, 0.3) is 0 Å². The molecule has 1 amide bonds. The van der Waals surface area contributed by atoms with Crippen molar-refractivity contribution in [2.75, 3.05) is 0 Å². The molecule has 1 N–H and O–H groups in total. The molecule has 0 aromatic heterocycles. The first-order valence-electron chi connectivity index (χ1n) is 9.25. The molecule has 2 nitrogen and oxygen atoms in total. The van der Waals surface area contributed by atoms with E-state index < -0.39 is 0 Å². The highest BCUT2D eigenvalue weighted by atomic mass is 16.1. The lowest BCUT2D eigenvalue weighted by Gasteiger charge is -2.18. The van der Waals surface area contributed by atoms with Crippen LogP contribution < -0.4 is 5.32 Å². The minimum atomic E-state index is -0.0882. The standard InChI is InChI=1S/C21H33NO/c1-3-5-6-7-8-9-10-11-15-18-20(22-21(23)4-2)19-16-13-12-14-17-19/h4,12-14,16-17,20H,2-3,5-11,15,18H2,1H3,(H,22,23). The zero-order chi connectivity index (χ0) is 16.8. The predicted octanol–water partition coefficient (Wildman–Crippen LogP) is 5.95. The molecule has 0 aliphatic carbocycles. The van der Waals surface area contributed by atoms with Crippen molar-refractivity contribution < 1.29 is 4.79 Å². The highest BCUT2D eigenvalue weighted by molar-refractivity contribution is 5.87. The lowest BCUT2D eigenvalue weighted by Crippen LogP contribution is -2.26. The highest BCUT2D eigenvalue weighted by Crippen LogP contribution is 2.20. The number of hydrogen-bond donors (Lipinski definition) is 1. The van der Waals surface area contributed by atoms with E-state index in [0.29, 0.717) is 0 Å². The SMILES string of the molecule is C=CC(=O)NC(CCCCCCCCCCC)c1ccccc1. The van der Waals surface area contributed by atoms with E-state index in [1.54, 1.807) is 0 Å². The second-order valence-corrected chi connectivity index (χ2v) is 6.29. The van der Waals surface area contributed by atoms with Gasteiger partial charge < -0.3 is 5.32 Å². The van der Waals surface area contributed by atoms with Gasteiger partial charge in [-0.05, 0) is 18.1 Å². The summed E-state index contributed by atoms with van der Waals surface area (Å²) in [4.78, 5) is 11.6. The summed E-state index contributed by atoms with van der Waals surface area (Å²) in [6.45, 7) is 5.80. The first-order chi connectivity index (χ1) is 11.3. The van der Waals surface area contributed by atoms with Crippen LogP contribution in [0.1, 0.15) is 82.7 Å². The fourth-order valence-corrected chi connectivity index (χ4v) is 2.90. The van der Waals surface area contributed by atoms with Crippen LogP contribution in [0, 0.1) is 0 Å². The third-order valence-electron chi connectivity index (χ3n) is 4.30. The summed E-state index contributed by atoms with van der Waals surface area (Å²) in [6, 6.07) is 10.3. The van der Waals surface area contributed by atoms with Gasteiger partial charge >= 0.3 is 0 Å². The van der Waals surface area contributed by atoms with E-state index in [-0.39, 0.29) is 11.9 Å². The van der Waals surface area contributed by atoms with Crippen LogP contribution >= 0.6 is 0 Å². The number of carbonyl (C=O) groups is 1. The fourth-order valence-electron chi connectivity index (χ4n) is 2.90. The second-order valence-electron chi connectivity index (χ2n) is 6.29. The fraction of sp³-hybridized carbons (Fsp3) is 0.571. The van der Waals surface area contributed by atoms with E-state index in [4.69, 9.17) is 0 Å². The Kier molecular flexibility index (Phi) is 10.9. The van der Waals surface area contributed by atoms with Crippen molar-refractivity contribution >= 4 is 5.91 Å². The summed E-state index contributed by atoms with van der Waals surface area (Å²) in [6.07, 6.45) is 14.3. The van der Waals surface area contributed by atoms with Gasteiger partial charge in [-0.15, -0.1) is 0 Å². The zero-order valence-corrected chi connectivity index (χ0v) is 14.7. The van der Waals surface area contributed by atoms with Gasteiger partial charge in [0.2, 0.25) is 5.91 Å². The Morgan fingerprint density at radius 1 is 1.00 bits per heavy atom. The number of unbranched alkanes of at least 4 members (excludes halogenated alkanes) is 8. The molecule has 0 saturated carbocycles. The molecule has 1 aromatic carbocycles. The maximum atomic E-state index is 11.6. The number of rotatable bonds is 13. The summed E-state index contributed by atoms with van der Waals surface area (Å²) in [7, 11) is 0. The van der Waals surface area contributed by atoms with E-state index in [9.17, 15) is 4.79 Å². The summed E-state index contributed by atoms with van der Waals surface area (Å²) in [5.41, 5.74) is 1.18. The summed E-state index contributed by atoms with van der Waals surface area (Å²) in [5, 5.41) is 3.05. The summed E-state index contributed by atoms with van der Waals surface area (Å²) < 4.78 is 0. The molecule has 0 fully saturated rings. The molecule has 1 rings (SSSR count). The van der Waals surface area contributed by atoms with E-state index in [1.807, 2.05) is 18.2 Å². The van der Waals surface area contributed by atoms with Crippen LogP contribution in [-0.4, -0.2) is 5.91 Å². The van der Waals surface area contributed by atoms with Gasteiger partial charge in [-0.1, -0.05) is 102 Å². The summed E-state index contributed by atoms with van der Waals surface area (Å²) >= 11 is 0. The number of benzene rings is 1. The monoisotopic (exact) mass is 315 g/mol. The Morgan fingerprint density at radius 2 is 1.57 bits per heavy atom. The molecule has 1 atom stereocenters. The van der Waals surface area contributed by atoms with Gasteiger partial charge in [0.15, 0.2) is 0 Å². The largest absolute Gasteiger partial charge is 0.346 e. The molecule has 0 heterocycles. The Balaban J connectivity index is 2.24. The lowest BCUT2D eigenvalue weighted by molar-refractivity contribution is -0.117. The van der Waals surface area contributed by atoms with Crippen molar-refractivity contribution in [1.82, 2.24) is 5.32 Å². The smallest absolute Gasteiger partial charge is 0.243 e. The molecule has 2 heteroatoms. The first kappa shape index (κ1) is 19.5. The molecule has 23 heavy (non-hydrogen) atoms. The van der Waals surface area contributed by atoms with Gasteiger partial charge in [-0.3, -0.25) is 4.79 Å². The Bertz CT molecular complexity index is 427. The molecule has 1 unspecified atom stereocenters. The van der Waals surface area contributed by atoms with Crippen LogP contribution in [0.4, 0.5) is 0 Å². The van der Waals surface area contributed by atoms with Gasteiger partial charge in [0.1, 0.15) is 0 Å². The Morgan fingerprint density at radius 3 is 2.13 bits per heavy atom. The lowest BCUT2D eigenvalue weighted by atomic mass is 9.99. The van der Waals surface area contributed by atoms with E-state index in [2.05, 4.69) is 31.0 Å². The Labute approximate surface area is 142 Å². The van der Waals surface area contributed by atoms with Crippen molar-refractivity contribution in [3.8, 4) is 0 Å². The van der Waals surface area contributed by atoms with Crippen LogP contribution in [0.25, 0.3) is 0 Å². The predicted molar refractivity (Wildman–Crippen MR) is 99.4 cm³/mol. The third kappa shape index (κ3) is 9.22. The maximum absolute atomic E-state index is 11.6. The van der Waals surface area contributed by atoms with Crippen LogP contribution in [0.3, 0.4) is 0 Å². The minimum absolute atomic E-state index is 0.0882. The molecule has 128 valence electrons. The number of carbonyl (C=O) groups excluding carboxylic acids is 1. The minimum Gasteiger partial charge on any atom is -0.346 e. The van der Waals surface area contributed by atoms with Gasteiger partial charge in [-0.2, -0.15) is 0 Å². The van der Waals surface area contributed by atoms with Crippen LogP contribution in [0.15, 0.2) is 43.0 Å². The normalized spacial score (nSPS) is 11.9. The van der Waals surface area contributed by atoms with E-state index >= 15 is 0 Å². The molecule has 0 radical (unpaired) electrons. The quantitative estimate of drug-likeness (QED) is 0.353. The molecule has 0 bridgehead atoms. The molecule has 0 aliphatic heterocycles. The zero-order valence-electron chi connectivity index (χ0n) is 14.7. The average molecular weight is 316 g/mol. The van der Waals surface area contributed by atoms with Crippen LogP contribution in [0.2, 0.25) is 0 Å². The van der Waals surface area contributed by atoms with Crippen molar-refractivity contribution in [2.24, 2.45) is 0 Å². The van der Waals surface area contributed by atoms with Crippen LogP contribution in [-0.2, 0) is 4.79 Å². The van der Waals surface area contributed by atoms with Crippen molar-refractivity contribution in [3.05, 3.63) is 48.6 Å². The van der Waals surface area contributed by atoms with E-state index in [0.717, 1.165) is 12.8 Å². The van der Waals surface area contributed by atoms with Crippen molar-refractivity contribution in [1.29, 1.82) is 0 Å². The first-order valence-corrected chi connectivity index (χ1v) is 9.25. The molecule has 0 spiro atoms. The molecule has 0 saturated heterocycles. The van der Waals surface area contributed by atoms with Gasteiger partial charge in [0.05, 0.1) is 6.04 Å². The second kappa shape index (κ2) is 12.9.